The molecule has 8 heteroatoms. The highest BCUT2D eigenvalue weighted by atomic mass is 79.9. The highest BCUT2D eigenvalue weighted by Gasteiger charge is 2.23. The van der Waals surface area contributed by atoms with Gasteiger partial charge in [-0.15, -0.1) is 0 Å². The molecule has 4 rings (SSSR count). The lowest BCUT2D eigenvalue weighted by atomic mass is 10.1. The maximum atomic E-state index is 12.9. The van der Waals surface area contributed by atoms with Gasteiger partial charge in [-0.3, -0.25) is 18.5 Å². The van der Waals surface area contributed by atoms with Gasteiger partial charge in [0.05, 0.1) is 6.54 Å². The predicted octanol–water partition coefficient (Wildman–Crippen LogP) is 2.23. The summed E-state index contributed by atoms with van der Waals surface area (Å²) >= 11 is 3.46. The molecule has 0 radical (unpaired) electrons. The molecule has 0 unspecified atom stereocenters. The lowest BCUT2D eigenvalue weighted by Gasteiger charge is -2.28. The molecule has 0 atom stereocenters. The SMILES string of the molecule is Cn1c(=O)c2c(nc(N3CCCCC3)n2Cc2ccc(Br)cc2)n(C)c1=O. The monoisotopic (exact) mass is 431 g/mol. The molecule has 0 bridgehead atoms. The zero-order chi connectivity index (χ0) is 19.1. The van der Waals surface area contributed by atoms with Crippen LogP contribution in [0.15, 0.2) is 38.3 Å². The predicted molar refractivity (Wildman–Crippen MR) is 110 cm³/mol. The average Bonchev–Trinajstić information content (AvgIpc) is 3.06. The van der Waals surface area contributed by atoms with Gasteiger partial charge in [0.1, 0.15) is 0 Å². The Hall–Kier alpha value is -2.35. The first kappa shape index (κ1) is 18.0. The Bertz CT molecular complexity index is 1100. The van der Waals surface area contributed by atoms with Crippen LogP contribution in [-0.2, 0) is 20.6 Å². The molecular weight excluding hydrogens is 410 g/mol. The molecule has 1 saturated heterocycles. The summed E-state index contributed by atoms with van der Waals surface area (Å²) in [7, 11) is 3.18. The Kier molecular flexibility index (Phi) is 4.67. The van der Waals surface area contributed by atoms with E-state index in [-0.39, 0.29) is 11.2 Å². The molecule has 3 heterocycles. The quantitative estimate of drug-likeness (QED) is 0.637. The van der Waals surface area contributed by atoms with Crippen LogP contribution >= 0.6 is 15.9 Å². The van der Waals surface area contributed by atoms with Crippen LogP contribution in [0.3, 0.4) is 0 Å². The molecule has 1 aromatic carbocycles. The van der Waals surface area contributed by atoms with Gasteiger partial charge in [-0.2, -0.15) is 4.98 Å². The van der Waals surface area contributed by atoms with Gasteiger partial charge in [-0.25, -0.2) is 4.79 Å². The minimum atomic E-state index is -0.356. The third-order valence-corrected chi connectivity index (χ3v) is 5.75. The van der Waals surface area contributed by atoms with Crippen molar-refractivity contribution in [3.8, 4) is 0 Å². The number of hydrogen-bond donors (Lipinski definition) is 0. The number of nitrogens with zero attached hydrogens (tertiary/aromatic N) is 5. The summed E-state index contributed by atoms with van der Waals surface area (Å²) in [6, 6.07) is 8.04. The fourth-order valence-electron chi connectivity index (χ4n) is 3.69. The normalized spacial score (nSPS) is 14.9. The van der Waals surface area contributed by atoms with Crippen LogP contribution < -0.4 is 16.1 Å². The number of rotatable bonds is 3. The van der Waals surface area contributed by atoms with Crippen molar-refractivity contribution in [3.05, 3.63) is 55.1 Å². The maximum absolute atomic E-state index is 12.9. The first-order chi connectivity index (χ1) is 13.0. The van der Waals surface area contributed by atoms with Crippen molar-refractivity contribution in [2.45, 2.75) is 25.8 Å². The van der Waals surface area contributed by atoms with Crippen LogP contribution in [-0.4, -0.2) is 31.8 Å². The van der Waals surface area contributed by atoms with Crippen molar-refractivity contribution in [1.82, 2.24) is 18.7 Å². The molecule has 0 aliphatic carbocycles. The van der Waals surface area contributed by atoms with E-state index in [0.29, 0.717) is 17.7 Å². The Morgan fingerprint density at radius 2 is 1.67 bits per heavy atom. The van der Waals surface area contributed by atoms with Gasteiger partial charge >= 0.3 is 5.69 Å². The summed E-state index contributed by atoms with van der Waals surface area (Å²) in [5.74, 6) is 0.769. The highest BCUT2D eigenvalue weighted by Crippen LogP contribution is 2.24. The lowest BCUT2D eigenvalue weighted by molar-refractivity contribution is 0.560. The number of halogens is 1. The zero-order valence-corrected chi connectivity index (χ0v) is 17.1. The van der Waals surface area contributed by atoms with Gasteiger partial charge in [0.25, 0.3) is 5.56 Å². The summed E-state index contributed by atoms with van der Waals surface area (Å²) in [6.07, 6.45) is 3.43. The summed E-state index contributed by atoms with van der Waals surface area (Å²) in [6.45, 7) is 2.36. The molecule has 0 spiro atoms. The van der Waals surface area contributed by atoms with Gasteiger partial charge < -0.3 is 4.90 Å². The average molecular weight is 432 g/mol. The van der Waals surface area contributed by atoms with Gasteiger partial charge in [-0.1, -0.05) is 28.1 Å². The smallest absolute Gasteiger partial charge is 0.332 e. The summed E-state index contributed by atoms with van der Waals surface area (Å²) in [4.78, 5) is 32.2. The van der Waals surface area contributed by atoms with Crippen molar-refractivity contribution < 1.29 is 0 Å². The van der Waals surface area contributed by atoms with E-state index in [0.717, 1.165) is 46.5 Å². The number of aryl methyl sites for hydroxylation is 1. The highest BCUT2D eigenvalue weighted by molar-refractivity contribution is 9.10. The first-order valence-electron chi connectivity index (χ1n) is 9.13. The number of hydrogen-bond acceptors (Lipinski definition) is 4. The maximum Gasteiger partial charge on any atom is 0.332 e. The van der Waals surface area contributed by atoms with E-state index >= 15 is 0 Å². The fourth-order valence-corrected chi connectivity index (χ4v) is 3.96. The van der Waals surface area contributed by atoms with Crippen LogP contribution in [0.2, 0.25) is 0 Å². The molecule has 1 aliphatic rings. The minimum Gasteiger partial charge on any atom is -0.342 e. The molecule has 1 fully saturated rings. The van der Waals surface area contributed by atoms with Crippen LogP contribution in [0.5, 0.6) is 0 Å². The van der Waals surface area contributed by atoms with Crippen molar-refractivity contribution in [2.24, 2.45) is 14.1 Å². The number of aromatic nitrogens is 4. The van der Waals surface area contributed by atoms with E-state index in [1.807, 2.05) is 28.8 Å². The Balaban J connectivity index is 1.95. The third-order valence-electron chi connectivity index (χ3n) is 5.22. The number of fused-ring (bicyclic) bond motifs is 1. The molecule has 3 aromatic rings. The molecule has 142 valence electrons. The second-order valence-electron chi connectivity index (χ2n) is 7.05. The van der Waals surface area contributed by atoms with Gasteiger partial charge in [0.15, 0.2) is 11.2 Å². The molecule has 27 heavy (non-hydrogen) atoms. The van der Waals surface area contributed by atoms with Gasteiger partial charge in [-0.05, 0) is 37.0 Å². The van der Waals surface area contributed by atoms with E-state index in [1.54, 1.807) is 7.05 Å². The van der Waals surface area contributed by atoms with Gasteiger partial charge in [0, 0.05) is 31.7 Å². The third kappa shape index (κ3) is 3.12. The second kappa shape index (κ2) is 6.99. The second-order valence-corrected chi connectivity index (χ2v) is 7.97. The molecule has 1 aliphatic heterocycles. The van der Waals surface area contributed by atoms with E-state index in [1.165, 1.54) is 18.0 Å². The van der Waals surface area contributed by atoms with Crippen LogP contribution in [0.25, 0.3) is 11.2 Å². The Morgan fingerprint density at radius 3 is 2.33 bits per heavy atom. The summed E-state index contributed by atoms with van der Waals surface area (Å²) in [5.41, 5.74) is 1.34. The lowest BCUT2D eigenvalue weighted by Crippen LogP contribution is -2.37. The number of piperidine rings is 1. The molecule has 0 saturated carbocycles. The van der Waals surface area contributed by atoms with E-state index in [9.17, 15) is 9.59 Å². The number of benzene rings is 1. The van der Waals surface area contributed by atoms with Crippen molar-refractivity contribution in [3.63, 3.8) is 0 Å². The fraction of sp³-hybridized carbons (Fsp3) is 0.421. The zero-order valence-electron chi connectivity index (χ0n) is 15.5. The number of imidazole rings is 1. The number of anilines is 1. The van der Waals surface area contributed by atoms with Crippen LogP contribution in [0.1, 0.15) is 24.8 Å². The van der Waals surface area contributed by atoms with E-state index < -0.39 is 0 Å². The molecule has 2 aromatic heterocycles. The molecule has 0 amide bonds. The van der Waals surface area contributed by atoms with Crippen LogP contribution in [0, 0.1) is 0 Å². The Morgan fingerprint density at radius 1 is 1.00 bits per heavy atom. The Labute approximate surface area is 165 Å². The van der Waals surface area contributed by atoms with E-state index in [2.05, 4.69) is 20.8 Å². The first-order valence-corrected chi connectivity index (χ1v) is 9.92. The molecule has 7 nitrogen and oxygen atoms in total. The van der Waals surface area contributed by atoms with Gasteiger partial charge in [0.2, 0.25) is 5.95 Å². The summed E-state index contributed by atoms with van der Waals surface area (Å²) < 4.78 is 5.59. The molecule has 0 N–H and O–H groups in total. The van der Waals surface area contributed by atoms with Crippen molar-refractivity contribution >= 4 is 33.0 Å². The van der Waals surface area contributed by atoms with E-state index in [4.69, 9.17) is 4.98 Å². The van der Waals surface area contributed by atoms with Crippen molar-refractivity contribution in [1.29, 1.82) is 0 Å². The van der Waals surface area contributed by atoms with Crippen molar-refractivity contribution in [2.75, 3.05) is 18.0 Å². The standard InChI is InChI=1S/C19H22BrN5O2/c1-22-16-15(17(26)23(2)19(22)27)25(12-13-6-8-14(20)9-7-13)18(21-16)24-10-4-3-5-11-24/h6-9H,3-5,10-12H2,1-2H3. The summed E-state index contributed by atoms with van der Waals surface area (Å²) in [5, 5.41) is 0. The van der Waals surface area contributed by atoms with Crippen LogP contribution in [0.4, 0.5) is 5.95 Å². The largest absolute Gasteiger partial charge is 0.342 e. The minimum absolute atomic E-state index is 0.305. The molecular formula is C19H22BrN5O2. The topological polar surface area (TPSA) is 65.1 Å².